The number of thiophene rings is 1. The number of carbonyl (C=O) groups is 2. The average Bonchev–Trinajstić information content (AvgIpc) is 2.97. The van der Waals surface area contributed by atoms with Crippen molar-refractivity contribution in [3.05, 3.63) is 35.2 Å². The number of carbonyl (C=O) groups excluding carboxylic acids is 1. The van der Waals surface area contributed by atoms with Crippen molar-refractivity contribution in [3.63, 3.8) is 0 Å². The summed E-state index contributed by atoms with van der Waals surface area (Å²) in [5.74, 6) is -1.06. The molecule has 0 bridgehead atoms. The Balaban J connectivity index is 1.45. The van der Waals surface area contributed by atoms with E-state index in [1.807, 2.05) is 12.1 Å². The van der Waals surface area contributed by atoms with Gasteiger partial charge >= 0.3 is 12.0 Å². The predicted octanol–water partition coefficient (Wildman–Crippen LogP) is 2.95. The molecule has 1 aromatic heterocycles. The lowest BCUT2D eigenvalue weighted by Gasteiger charge is -2.30. The molecule has 0 unspecified atom stereocenters. The summed E-state index contributed by atoms with van der Waals surface area (Å²) in [6, 6.07) is 10.3. The van der Waals surface area contributed by atoms with Crippen molar-refractivity contribution in [1.82, 2.24) is 10.2 Å². The maximum absolute atomic E-state index is 12.1. The first-order valence-electron chi connectivity index (χ1n) is 7.86. The second kappa shape index (κ2) is 7.00. The summed E-state index contributed by atoms with van der Waals surface area (Å²) in [6.45, 7) is 1.64. The van der Waals surface area contributed by atoms with Gasteiger partial charge in [-0.05, 0) is 36.8 Å². The van der Waals surface area contributed by atoms with E-state index in [1.165, 1.54) is 15.0 Å². The molecule has 23 heavy (non-hydrogen) atoms. The van der Waals surface area contributed by atoms with Gasteiger partial charge in [-0.3, -0.25) is 4.79 Å². The Morgan fingerprint density at radius 3 is 2.70 bits per heavy atom. The number of rotatable bonds is 4. The zero-order valence-corrected chi connectivity index (χ0v) is 13.6. The van der Waals surface area contributed by atoms with Gasteiger partial charge in [0.2, 0.25) is 0 Å². The van der Waals surface area contributed by atoms with Crippen LogP contribution in [0.5, 0.6) is 0 Å². The second-order valence-electron chi connectivity index (χ2n) is 5.83. The first-order chi connectivity index (χ1) is 11.1. The highest BCUT2D eigenvalue weighted by Gasteiger charge is 2.26. The Labute approximate surface area is 138 Å². The summed E-state index contributed by atoms with van der Waals surface area (Å²) in [6.07, 6.45) is 1.90. The van der Waals surface area contributed by atoms with E-state index in [4.69, 9.17) is 5.11 Å². The first-order valence-corrected chi connectivity index (χ1v) is 8.68. The van der Waals surface area contributed by atoms with Crippen LogP contribution in [0.4, 0.5) is 4.79 Å². The van der Waals surface area contributed by atoms with Gasteiger partial charge in [0.05, 0.1) is 5.92 Å². The Hall–Kier alpha value is -2.08. The predicted molar refractivity (Wildman–Crippen MR) is 90.9 cm³/mol. The number of nitrogens with zero attached hydrogens (tertiary/aromatic N) is 1. The Kier molecular flexibility index (Phi) is 4.81. The molecule has 2 amide bonds. The van der Waals surface area contributed by atoms with Gasteiger partial charge in [0.1, 0.15) is 0 Å². The van der Waals surface area contributed by atoms with Crippen molar-refractivity contribution in [1.29, 1.82) is 0 Å². The highest BCUT2D eigenvalue weighted by atomic mass is 32.1. The number of benzene rings is 1. The SMILES string of the molecule is O=C(O)C1CCN(C(=O)NCCc2cc3ccccc3s2)CC1. The monoisotopic (exact) mass is 332 g/mol. The number of fused-ring (bicyclic) bond motifs is 1. The number of hydrogen-bond donors (Lipinski definition) is 2. The first kappa shape index (κ1) is 15.8. The molecule has 1 aliphatic heterocycles. The molecule has 0 atom stereocenters. The zero-order chi connectivity index (χ0) is 16.2. The van der Waals surface area contributed by atoms with Crippen LogP contribution in [-0.2, 0) is 11.2 Å². The van der Waals surface area contributed by atoms with Crippen molar-refractivity contribution < 1.29 is 14.7 Å². The lowest BCUT2D eigenvalue weighted by molar-refractivity contribution is -0.143. The molecule has 0 saturated carbocycles. The number of hydrogen-bond acceptors (Lipinski definition) is 3. The number of nitrogens with one attached hydrogen (secondary N) is 1. The quantitative estimate of drug-likeness (QED) is 0.904. The Morgan fingerprint density at radius 1 is 1.26 bits per heavy atom. The molecular weight excluding hydrogens is 312 g/mol. The van der Waals surface area contributed by atoms with E-state index in [1.54, 1.807) is 16.2 Å². The second-order valence-corrected chi connectivity index (χ2v) is 7.00. The fourth-order valence-corrected chi connectivity index (χ4v) is 3.96. The van der Waals surface area contributed by atoms with E-state index in [-0.39, 0.29) is 11.9 Å². The number of aliphatic carboxylic acids is 1. The third-order valence-electron chi connectivity index (χ3n) is 4.26. The van der Waals surface area contributed by atoms with Crippen LogP contribution < -0.4 is 5.32 Å². The van der Waals surface area contributed by atoms with E-state index in [0.717, 1.165) is 6.42 Å². The van der Waals surface area contributed by atoms with Crippen LogP contribution in [0.3, 0.4) is 0 Å². The molecule has 2 N–H and O–H groups in total. The normalized spacial score (nSPS) is 15.7. The molecule has 0 radical (unpaired) electrons. The maximum Gasteiger partial charge on any atom is 0.317 e. The van der Waals surface area contributed by atoms with E-state index in [9.17, 15) is 9.59 Å². The molecule has 0 aliphatic carbocycles. The molecule has 1 aromatic carbocycles. The highest BCUT2D eigenvalue weighted by Crippen LogP contribution is 2.25. The van der Waals surface area contributed by atoms with Crippen LogP contribution in [0.15, 0.2) is 30.3 Å². The molecule has 2 heterocycles. The van der Waals surface area contributed by atoms with E-state index in [2.05, 4.69) is 23.5 Å². The van der Waals surface area contributed by atoms with Crippen LogP contribution in [0.25, 0.3) is 10.1 Å². The zero-order valence-electron chi connectivity index (χ0n) is 12.8. The van der Waals surface area contributed by atoms with E-state index < -0.39 is 5.97 Å². The minimum Gasteiger partial charge on any atom is -0.481 e. The number of carboxylic acids is 1. The molecule has 1 saturated heterocycles. The van der Waals surface area contributed by atoms with E-state index in [0.29, 0.717) is 32.5 Å². The number of likely N-dealkylation sites (tertiary alicyclic amines) is 1. The number of piperidine rings is 1. The fourth-order valence-electron chi connectivity index (χ4n) is 2.89. The van der Waals surface area contributed by atoms with Gasteiger partial charge < -0.3 is 15.3 Å². The summed E-state index contributed by atoms with van der Waals surface area (Å²) in [4.78, 5) is 26.0. The van der Waals surface area contributed by atoms with Gasteiger partial charge in [-0.2, -0.15) is 0 Å². The highest BCUT2D eigenvalue weighted by molar-refractivity contribution is 7.19. The van der Waals surface area contributed by atoms with Crippen molar-refractivity contribution in [2.75, 3.05) is 19.6 Å². The summed E-state index contributed by atoms with van der Waals surface area (Å²) in [7, 11) is 0. The van der Waals surface area contributed by atoms with Crippen molar-refractivity contribution in [2.45, 2.75) is 19.3 Å². The summed E-state index contributed by atoms with van der Waals surface area (Å²) < 4.78 is 1.27. The molecule has 2 aromatic rings. The van der Waals surface area contributed by atoms with Crippen LogP contribution in [-0.4, -0.2) is 41.6 Å². The lowest BCUT2D eigenvalue weighted by Crippen LogP contribution is -2.45. The smallest absolute Gasteiger partial charge is 0.317 e. The standard InChI is InChI=1S/C17H20N2O3S/c20-16(21)12-6-9-19(10-7-12)17(22)18-8-5-14-11-13-3-1-2-4-15(13)23-14/h1-4,11-12H,5-10H2,(H,18,22)(H,20,21). The van der Waals surface area contributed by atoms with Gasteiger partial charge in [-0.15, -0.1) is 11.3 Å². The van der Waals surface area contributed by atoms with Crippen LogP contribution in [0.1, 0.15) is 17.7 Å². The number of amides is 2. The molecule has 5 nitrogen and oxygen atoms in total. The molecule has 1 fully saturated rings. The van der Waals surface area contributed by atoms with E-state index >= 15 is 0 Å². The molecule has 1 aliphatic rings. The minimum atomic E-state index is -0.755. The molecule has 3 rings (SSSR count). The topological polar surface area (TPSA) is 69.6 Å². The third kappa shape index (κ3) is 3.82. The molecule has 6 heteroatoms. The van der Waals surface area contributed by atoms with Gasteiger partial charge in [0, 0.05) is 29.2 Å². The van der Waals surface area contributed by atoms with Gasteiger partial charge in [-0.1, -0.05) is 18.2 Å². The van der Waals surface area contributed by atoms with Crippen molar-refractivity contribution in [3.8, 4) is 0 Å². The molecular formula is C17H20N2O3S. The van der Waals surface area contributed by atoms with Gasteiger partial charge in [0.25, 0.3) is 0 Å². The number of urea groups is 1. The summed E-state index contributed by atoms with van der Waals surface area (Å²) in [5, 5.41) is 13.2. The summed E-state index contributed by atoms with van der Waals surface area (Å²) in [5.41, 5.74) is 0. The van der Waals surface area contributed by atoms with Crippen LogP contribution in [0.2, 0.25) is 0 Å². The van der Waals surface area contributed by atoms with Crippen LogP contribution in [0, 0.1) is 5.92 Å². The van der Waals surface area contributed by atoms with Crippen molar-refractivity contribution >= 4 is 33.4 Å². The Morgan fingerprint density at radius 2 is 2.00 bits per heavy atom. The maximum atomic E-state index is 12.1. The minimum absolute atomic E-state index is 0.0880. The lowest BCUT2D eigenvalue weighted by atomic mass is 9.97. The largest absolute Gasteiger partial charge is 0.481 e. The third-order valence-corrected chi connectivity index (χ3v) is 5.43. The fraction of sp³-hybridized carbons (Fsp3) is 0.412. The molecule has 0 spiro atoms. The van der Waals surface area contributed by atoms with Gasteiger partial charge in [-0.25, -0.2) is 4.79 Å². The number of carboxylic acid groups (broad SMARTS) is 1. The summed E-state index contributed by atoms with van der Waals surface area (Å²) >= 11 is 1.76. The van der Waals surface area contributed by atoms with Crippen molar-refractivity contribution in [2.24, 2.45) is 5.92 Å². The average molecular weight is 332 g/mol. The molecule has 122 valence electrons. The Bertz CT molecular complexity index is 672. The van der Waals surface area contributed by atoms with Crippen LogP contribution >= 0.6 is 11.3 Å². The van der Waals surface area contributed by atoms with Gasteiger partial charge in [0.15, 0.2) is 0 Å².